The molecule has 7 heteroatoms. The van der Waals surface area contributed by atoms with E-state index in [9.17, 15) is 8.42 Å². The van der Waals surface area contributed by atoms with Crippen molar-refractivity contribution in [1.82, 2.24) is 18.8 Å². The molecule has 1 aliphatic heterocycles. The van der Waals surface area contributed by atoms with Gasteiger partial charge in [-0.2, -0.15) is 4.31 Å². The van der Waals surface area contributed by atoms with E-state index in [0.29, 0.717) is 6.54 Å². The molecular formula is C14H18N4O2S. The van der Waals surface area contributed by atoms with Crippen LogP contribution in [0.3, 0.4) is 0 Å². The highest BCUT2D eigenvalue weighted by molar-refractivity contribution is 7.88. The van der Waals surface area contributed by atoms with Crippen LogP contribution >= 0.6 is 0 Å². The van der Waals surface area contributed by atoms with Crippen LogP contribution in [0.5, 0.6) is 0 Å². The number of hydrogen-bond acceptors (Lipinski definition) is 4. The molecule has 0 aromatic carbocycles. The molecule has 0 spiro atoms. The van der Waals surface area contributed by atoms with Crippen molar-refractivity contribution in [1.29, 1.82) is 0 Å². The molecule has 0 radical (unpaired) electrons. The molecule has 2 aromatic heterocycles. The van der Waals surface area contributed by atoms with E-state index in [1.165, 1.54) is 6.26 Å². The van der Waals surface area contributed by atoms with Gasteiger partial charge in [-0.1, -0.05) is 6.07 Å². The van der Waals surface area contributed by atoms with Gasteiger partial charge in [-0.15, -0.1) is 0 Å². The highest BCUT2D eigenvalue weighted by Gasteiger charge is 2.33. The van der Waals surface area contributed by atoms with Gasteiger partial charge in [0.05, 0.1) is 41.9 Å². The van der Waals surface area contributed by atoms with Gasteiger partial charge >= 0.3 is 0 Å². The number of aryl methyl sites for hydroxylation is 1. The molecule has 1 fully saturated rings. The van der Waals surface area contributed by atoms with E-state index in [0.717, 1.165) is 29.9 Å². The third kappa shape index (κ3) is 2.71. The molecule has 0 aliphatic carbocycles. The van der Waals surface area contributed by atoms with E-state index in [4.69, 9.17) is 0 Å². The summed E-state index contributed by atoms with van der Waals surface area (Å²) >= 11 is 0. The van der Waals surface area contributed by atoms with E-state index in [1.54, 1.807) is 16.8 Å². The number of aromatic nitrogens is 3. The first-order chi connectivity index (χ1) is 9.97. The first-order valence-electron chi connectivity index (χ1n) is 6.87. The predicted octanol–water partition coefficient (Wildman–Crippen LogP) is 1.58. The summed E-state index contributed by atoms with van der Waals surface area (Å²) in [7, 11) is -1.29. The van der Waals surface area contributed by atoms with Gasteiger partial charge in [0.15, 0.2) is 0 Å². The first-order valence-corrected chi connectivity index (χ1v) is 8.72. The maximum atomic E-state index is 11.9. The highest BCUT2D eigenvalue weighted by Crippen LogP contribution is 2.33. The lowest BCUT2D eigenvalue weighted by Gasteiger charge is -2.22. The summed E-state index contributed by atoms with van der Waals surface area (Å²) in [6, 6.07) is 5.57. The van der Waals surface area contributed by atoms with E-state index in [-0.39, 0.29) is 6.04 Å². The molecule has 2 aromatic rings. The SMILES string of the molecule is Cn1cncc1-c1cccc(C2CCCN2S(C)(=O)=O)n1. The van der Waals surface area contributed by atoms with Crippen LogP contribution in [0.25, 0.3) is 11.4 Å². The van der Waals surface area contributed by atoms with Gasteiger partial charge in [-0.3, -0.25) is 0 Å². The molecule has 1 unspecified atom stereocenters. The summed E-state index contributed by atoms with van der Waals surface area (Å²) in [5.74, 6) is 0. The van der Waals surface area contributed by atoms with E-state index >= 15 is 0 Å². The smallest absolute Gasteiger partial charge is 0.211 e. The van der Waals surface area contributed by atoms with Gasteiger partial charge in [0.25, 0.3) is 0 Å². The summed E-state index contributed by atoms with van der Waals surface area (Å²) in [5, 5.41) is 0. The van der Waals surface area contributed by atoms with Gasteiger partial charge in [0.2, 0.25) is 10.0 Å². The Labute approximate surface area is 124 Å². The minimum absolute atomic E-state index is 0.159. The van der Waals surface area contributed by atoms with Crippen LogP contribution < -0.4 is 0 Å². The Bertz CT molecular complexity index is 754. The van der Waals surface area contributed by atoms with E-state index < -0.39 is 10.0 Å². The van der Waals surface area contributed by atoms with Gasteiger partial charge in [-0.25, -0.2) is 18.4 Å². The molecule has 1 atom stereocenters. The quantitative estimate of drug-likeness (QED) is 0.863. The lowest BCUT2D eigenvalue weighted by Crippen LogP contribution is -2.29. The maximum Gasteiger partial charge on any atom is 0.211 e. The van der Waals surface area contributed by atoms with Crippen molar-refractivity contribution < 1.29 is 8.42 Å². The monoisotopic (exact) mass is 306 g/mol. The molecule has 1 aliphatic rings. The molecule has 6 nitrogen and oxygen atoms in total. The third-order valence-electron chi connectivity index (χ3n) is 3.82. The number of rotatable bonds is 3. The highest BCUT2D eigenvalue weighted by atomic mass is 32.2. The average molecular weight is 306 g/mol. The average Bonchev–Trinajstić information content (AvgIpc) is 3.06. The second kappa shape index (κ2) is 5.23. The Hall–Kier alpha value is -1.73. The molecule has 1 saturated heterocycles. The van der Waals surface area contributed by atoms with E-state index in [1.807, 2.05) is 29.8 Å². The second-order valence-electron chi connectivity index (χ2n) is 5.37. The standard InChI is InChI=1S/C14H18N4O2S/c1-17-10-15-9-14(17)12-6-3-5-11(16-12)13-7-4-8-18(13)21(2,19)20/h3,5-6,9-10,13H,4,7-8H2,1-2H3. The van der Waals surface area contributed by atoms with Gasteiger partial charge < -0.3 is 4.57 Å². The molecule has 21 heavy (non-hydrogen) atoms. The molecule has 112 valence electrons. The van der Waals surface area contributed by atoms with Crippen molar-refractivity contribution >= 4 is 10.0 Å². The number of sulfonamides is 1. The largest absolute Gasteiger partial charge is 0.332 e. The number of imidazole rings is 1. The van der Waals surface area contributed by atoms with Crippen LogP contribution in [0.2, 0.25) is 0 Å². The molecule has 0 bridgehead atoms. The Morgan fingerprint density at radius 3 is 2.81 bits per heavy atom. The van der Waals surface area contributed by atoms with Crippen LogP contribution in [0.4, 0.5) is 0 Å². The Morgan fingerprint density at radius 1 is 1.33 bits per heavy atom. The van der Waals surface area contributed by atoms with Crippen molar-refractivity contribution in [2.75, 3.05) is 12.8 Å². The number of pyridine rings is 1. The summed E-state index contributed by atoms with van der Waals surface area (Å²) in [6.07, 6.45) is 6.43. The summed E-state index contributed by atoms with van der Waals surface area (Å²) in [4.78, 5) is 8.75. The summed E-state index contributed by atoms with van der Waals surface area (Å²) in [6.45, 7) is 0.571. The fourth-order valence-corrected chi connectivity index (χ4v) is 3.95. The van der Waals surface area contributed by atoms with Crippen LogP contribution in [0.15, 0.2) is 30.7 Å². The van der Waals surface area contributed by atoms with Crippen LogP contribution in [-0.4, -0.2) is 40.1 Å². The minimum Gasteiger partial charge on any atom is -0.332 e. The second-order valence-corrected chi connectivity index (χ2v) is 7.30. The van der Waals surface area contributed by atoms with Crippen LogP contribution in [0.1, 0.15) is 24.6 Å². The zero-order valence-corrected chi connectivity index (χ0v) is 12.9. The third-order valence-corrected chi connectivity index (χ3v) is 5.11. The lowest BCUT2D eigenvalue weighted by molar-refractivity contribution is 0.394. The van der Waals surface area contributed by atoms with Crippen molar-refractivity contribution in [3.8, 4) is 11.4 Å². The van der Waals surface area contributed by atoms with Crippen molar-refractivity contribution in [2.24, 2.45) is 7.05 Å². The molecule has 3 heterocycles. The number of nitrogens with zero attached hydrogens (tertiary/aromatic N) is 4. The molecular weight excluding hydrogens is 288 g/mol. The Kier molecular flexibility index (Phi) is 3.54. The first kappa shape index (κ1) is 14.2. The minimum atomic E-state index is -3.20. The summed E-state index contributed by atoms with van der Waals surface area (Å²) < 4.78 is 27.2. The van der Waals surface area contributed by atoms with Gasteiger partial charge in [-0.05, 0) is 25.0 Å². The molecule has 3 rings (SSSR count). The predicted molar refractivity (Wildman–Crippen MR) is 80.0 cm³/mol. The Morgan fingerprint density at radius 2 is 2.14 bits per heavy atom. The van der Waals surface area contributed by atoms with E-state index in [2.05, 4.69) is 9.97 Å². The Balaban J connectivity index is 1.99. The van der Waals surface area contributed by atoms with Gasteiger partial charge in [0.1, 0.15) is 0 Å². The van der Waals surface area contributed by atoms with Gasteiger partial charge in [0, 0.05) is 13.6 Å². The zero-order valence-electron chi connectivity index (χ0n) is 12.1. The molecule has 0 amide bonds. The lowest BCUT2D eigenvalue weighted by atomic mass is 10.1. The maximum absolute atomic E-state index is 11.9. The normalized spacial score (nSPS) is 20.0. The van der Waals surface area contributed by atoms with Crippen LogP contribution in [0, 0.1) is 0 Å². The van der Waals surface area contributed by atoms with Crippen molar-refractivity contribution in [3.05, 3.63) is 36.4 Å². The van der Waals surface area contributed by atoms with Crippen molar-refractivity contribution in [2.45, 2.75) is 18.9 Å². The zero-order chi connectivity index (χ0) is 15.0. The number of hydrogen-bond donors (Lipinski definition) is 0. The van der Waals surface area contributed by atoms with Crippen molar-refractivity contribution in [3.63, 3.8) is 0 Å². The van der Waals surface area contributed by atoms with Crippen LogP contribution in [-0.2, 0) is 17.1 Å². The fourth-order valence-electron chi connectivity index (χ4n) is 2.82. The molecule has 0 N–H and O–H groups in total. The summed E-state index contributed by atoms with van der Waals surface area (Å²) in [5.41, 5.74) is 2.53. The topological polar surface area (TPSA) is 68.1 Å². The molecule has 0 saturated carbocycles. The fraction of sp³-hybridized carbons (Fsp3) is 0.429.